The maximum Gasteiger partial charge on any atom is 0.346 e. The normalized spacial score (nSPS) is 19.2. The van der Waals surface area contributed by atoms with Gasteiger partial charge in [-0.25, -0.2) is 4.79 Å². The number of methoxy groups -OCH3 is 1. The summed E-state index contributed by atoms with van der Waals surface area (Å²) in [7, 11) is 1.55. The van der Waals surface area contributed by atoms with Crippen LogP contribution in [0, 0.1) is 0 Å². The smallest absolute Gasteiger partial charge is 0.346 e. The zero-order valence-electron chi connectivity index (χ0n) is 16.1. The van der Waals surface area contributed by atoms with Gasteiger partial charge in [-0.2, -0.15) is 5.10 Å². The van der Waals surface area contributed by atoms with Gasteiger partial charge < -0.3 is 14.8 Å². The number of hydrazone groups is 1. The Balaban J connectivity index is 1.72. The number of hydrogen-bond donors (Lipinski definition) is 1. The third-order valence-corrected chi connectivity index (χ3v) is 4.69. The summed E-state index contributed by atoms with van der Waals surface area (Å²) < 4.78 is 11.2. The summed E-state index contributed by atoms with van der Waals surface area (Å²) in [6.07, 6.45) is 1.94. The van der Waals surface area contributed by atoms with Crippen molar-refractivity contribution >= 4 is 18.2 Å². The van der Waals surface area contributed by atoms with Crippen LogP contribution < -0.4 is 14.8 Å². The fourth-order valence-electron chi connectivity index (χ4n) is 2.76. The number of carbonyl (C=O) groups is 2. The van der Waals surface area contributed by atoms with Gasteiger partial charge in [0.1, 0.15) is 12.1 Å². The summed E-state index contributed by atoms with van der Waals surface area (Å²) >= 11 is 0. The fourth-order valence-corrected chi connectivity index (χ4v) is 2.76. The van der Waals surface area contributed by atoms with Crippen molar-refractivity contribution < 1.29 is 19.1 Å². The van der Waals surface area contributed by atoms with Crippen molar-refractivity contribution in [1.82, 2.24) is 10.3 Å². The molecule has 7 heteroatoms. The van der Waals surface area contributed by atoms with Crippen molar-refractivity contribution in [1.29, 1.82) is 0 Å². The number of amides is 3. The highest BCUT2D eigenvalue weighted by atomic mass is 16.5. The lowest BCUT2D eigenvalue weighted by Crippen LogP contribution is -2.42. The largest absolute Gasteiger partial charge is 0.493 e. The highest BCUT2D eigenvalue weighted by Gasteiger charge is 2.46. The van der Waals surface area contributed by atoms with E-state index in [4.69, 9.17) is 9.47 Å². The molecular weight excluding hydrogens is 358 g/mol. The molecule has 0 unspecified atom stereocenters. The number of rotatable bonds is 7. The van der Waals surface area contributed by atoms with Crippen LogP contribution in [-0.4, -0.2) is 35.8 Å². The van der Waals surface area contributed by atoms with Crippen molar-refractivity contribution in [2.24, 2.45) is 5.10 Å². The Hall–Kier alpha value is -3.35. The molecule has 0 radical (unpaired) electrons. The molecule has 0 spiro atoms. The highest BCUT2D eigenvalue weighted by molar-refractivity contribution is 6.07. The Morgan fingerprint density at radius 1 is 1.14 bits per heavy atom. The van der Waals surface area contributed by atoms with Crippen molar-refractivity contribution in [3.8, 4) is 11.5 Å². The first kappa shape index (κ1) is 19.4. The molecule has 2 aromatic carbocycles. The molecule has 1 aliphatic rings. The second kappa shape index (κ2) is 8.12. The molecule has 146 valence electrons. The molecule has 28 heavy (non-hydrogen) atoms. The van der Waals surface area contributed by atoms with E-state index in [0.29, 0.717) is 30.1 Å². The number of hydrogen-bond acceptors (Lipinski definition) is 5. The van der Waals surface area contributed by atoms with Gasteiger partial charge in [0.15, 0.2) is 11.5 Å². The number of benzene rings is 2. The number of ether oxygens (including phenoxy) is 2. The second-order valence-corrected chi connectivity index (χ2v) is 6.66. The zero-order chi connectivity index (χ0) is 20.1. The van der Waals surface area contributed by atoms with Crippen LogP contribution in [-0.2, 0) is 11.4 Å². The molecule has 0 saturated carbocycles. The Morgan fingerprint density at radius 3 is 2.54 bits per heavy atom. The van der Waals surface area contributed by atoms with Crippen LogP contribution in [0.3, 0.4) is 0 Å². The molecule has 2 aromatic rings. The summed E-state index contributed by atoms with van der Waals surface area (Å²) in [5, 5.41) is 7.56. The number of carbonyl (C=O) groups excluding carboxylic acids is 2. The van der Waals surface area contributed by atoms with Crippen LogP contribution in [0.1, 0.15) is 31.4 Å². The van der Waals surface area contributed by atoms with E-state index in [1.165, 1.54) is 6.21 Å². The molecule has 7 nitrogen and oxygen atoms in total. The van der Waals surface area contributed by atoms with Crippen LogP contribution in [0.2, 0.25) is 0 Å². The van der Waals surface area contributed by atoms with E-state index in [1.807, 2.05) is 37.3 Å². The molecule has 1 heterocycles. The van der Waals surface area contributed by atoms with Crippen molar-refractivity contribution in [3.05, 3.63) is 59.7 Å². The molecule has 1 saturated heterocycles. The first-order valence-electron chi connectivity index (χ1n) is 9.02. The van der Waals surface area contributed by atoms with Crippen LogP contribution in [0.25, 0.3) is 0 Å². The molecule has 0 aliphatic carbocycles. The van der Waals surface area contributed by atoms with E-state index >= 15 is 0 Å². The fraction of sp³-hybridized carbons (Fsp3) is 0.286. The van der Waals surface area contributed by atoms with Crippen LogP contribution in [0.15, 0.2) is 53.6 Å². The van der Waals surface area contributed by atoms with Gasteiger partial charge in [0, 0.05) is 0 Å². The summed E-state index contributed by atoms with van der Waals surface area (Å²) in [6.45, 7) is 3.94. The lowest BCUT2D eigenvalue weighted by Gasteiger charge is -2.17. The van der Waals surface area contributed by atoms with Crippen molar-refractivity contribution in [3.63, 3.8) is 0 Å². The van der Waals surface area contributed by atoms with Crippen molar-refractivity contribution in [2.75, 3.05) is 7.11 Å². The Labute approximate surface area is 163 Å². The van der Waals surface area contributed by atoms with E-state index in [0.717, 1.165) is 10.6 Å². The average molecular weight is 381 g/mol. The van der Waals surface area contributed by atoms with Gasteiger partial charge >= 0.3 is 6.03 Å². The average Bonchev–Trinajstić information content (AvgIpc) is 2.94. The maximum absolute atomic E-state index is 12.4. The summed E-state index contributed by atoms with van der Waals surface area (Å²) in [5.74, 6) is 0.763. The molecule has 0 bridgehead atoms. The van der Waals surface area contributed by atoms with Gasteiger partial charge in [-0.05, 0) is 42.7 Å². The Morgan fingerprint density at radius 2 is 1.89 bits per heavy atom. The van der Waals surface area contributed by atoms with Gasteiger partial charge in [0.25, 0.3) is 5.91 Å². The van der Waals surface area contributed by atoms with Gasteiger partial charge in [0.2, 0.25) is 0 Å². The number of nitrogens with one attached hydrogen (secondary N) is 1. The Kier molecular flexibility index (Phi) is 5.63. The predicted octanol–water partition coefficient (Wildman–Crippen LogP) is 3.33. The molecule has 3 amide bonds. The molecular formula is C21H23N3O4. The topological polar surface area (TPSA) is 80.2 Å². The van der Waals surface area contributed by atoms with E-state index < -0.39 is 11.6 Å². The van der Waals surface area contributed by atoms with Gasteiger partial charge in [-0.1, -0.05) is 37.3 Å². The minimum Gasteiger partial charge on any atom is -0.493 e. The molecule has 1 atom stereocenters. The molecule has 3 rings (SSSR count). The summed E-state index contributed by atoms with van der Waals surface area (Å²) in [5.41, 5.74) is 0.809. The summed E-state index contributed by atoms with van der Waals surface area (Å²) in [4.78, 5) is 24.4. The molecule has 1 N–H and O–H groups in total. The van der Waals surface area contributed by atoms with Gasteiger partial charge in [0.05, 0.1) is 13.3 Å². The molecule has 0 aromatic heterocycles. The third kappa shape index (κ3) is 3.98. The predicted molar refractivity (Wildman–Crippen MR) is 105 cm³/mol. The van der Waals surface area contributed by atoms with Crippen LogP contribution in [0.4, 0.5) is 4.79 Å². The zero-order valence-corrected chi connectivity index (χ0v) is 16.1. The third-order valence-electron chi connectivity index (χ3n) is 4.69. The maximum atomic E-state index is 12.4. The van der Waals surface area contributed by atoms with Gasteiger partial charge in [-0.3, -0.25) is 4.79 Å². The highest BCUT2D eigenvalue weighted by Crippen LogP contribution is 2.28. The molecule has 1 aliphatic heterocycles. The first-order chi connectivity index (χ1) is 13.5. The minimum atomic E-state index is -0.915. The van der Waals surface area contributed by atoms with Crippen molar-refractivity contribution in [2.45, 2.75) is 32.4 Å². The van der Waals surface area contributed by atoms with E-state index in [9.17, 15) is 9.59 Å². The second-order valence-electron chi connectivity index (χ2n) is 6.66. The Bertz CT molecular complexity index is 898. The quantitative estimate of drug-likeness (QED) is 0.589. The number of urea groups is 1. The first-order valence-corrected chi connectivity index (χ1v) is 9.02. The lowest BCUT2D eigenvalue weighted by molar-refractivity contribution is -0.130. The van der Waals surface area contributed by atoms with Crippen LogP contribution >= 0.6 is 0 Å². The lowest BCUT2D eigenvalue weighted by atomic mass is 10.00. The van der Waals surface area contributed by atoms with E-state index in [2.05, 4.69) is 10.4 Å². The monoisotopic (exact) mass is 381 g/mol. The van der Waals surface area contributed by atoms with E-state index in [-0.39, 0.29) is 5.91 Å². The van der Waals surface area contributed by atoms with Gasteiger partial charge in [-0.15, -0.1) is 5.01 Å². The SMILES string of the molecule is CC[C@]1(C)NC(=O)N(/N=C\c2ccc(OCc3ccccc3)c(OC)c2)C1=O. The minimum absolute atomic E-state index is 0.369. The standard InChI is InChI=1S/C21H23N3O4/c1-4-21(2)19(25)24(20(26)23-21)22-13-16-10-11-17(18(12-16)27-3)28-14-15-8-6-5-7-9-15/h5-13H,4,14H2,1-3H3,(H,23,26)/b22-13-/t21-/m0/s1. The number of imide groups is 1. The van der Waals surface area contributed by atoms with Crippen LogP contribution in [0.5, 0.6) is 11.5 Å². The molecule has 1 fully saturated rings. The van der Waals surface area contributed by atoms with E-state index in [1.54, 1.807) is 32.2 Å². The summed E-state index contributed by atoms with van der Waals surface area (Å²) in [6, 6.07) is 14.6. The number of nitrogens with zero attached hydrogens (tertiary/aromatic N) is 2.